The van der Waals surface area contributed by atoms with Crippen molar-refractivity contribution in [2.75, 3.05) is 18.4 Å². The van der Waals surface area contributed by atoms with Gasteiger partial charge in [0.1, 0.15) is 5.82 Å². The van der Waals surface area contributed by atoms with Crippen molar-refractivity contribution in [2.24, 2.45) is 0 Å². The molecule has 0 aliphatic carbocycles. The first-order valence-electron chi connectivity index (χ1n) is 7.48. The van der Waals surface area contributed by atoms with Crippen LogP contribution in [0.2, 0.25) is 0 Å². The van der Waals surface area contributed by atoms with Crippen LogP contribution < -0.4 is 5.32 Å². The van der Waals surface area contributed by atoms with Gasteiger partial charge >= 0.3 is 6.03 Å². The van der Waals surface area contributed by atoms with Crippen molar-refractivity contribution in [3.63, 3.8) is 0 Å². The first-order valence-corrected chi connectivity index (χ1v) is 8.26. The molecule has 2 amide bonds. The third-order valence-corrected chi connectivity index (χ3v) is 3.92. The SMILES string of the molecule is CC1(C)CN(C(=O)Nc2nc(C(C)(C)C)ns2)CC(C)(C)O1. The topological polar surface area (TPSA) is 67.4 Å². The van der Waals surface area contributed by atoms with Gasteiger partial charge in [0.15, 0.2) is 0 Å². The summed E-state index contributed by atoms with van der Waals surface area (Å²) in [4.78, 5) is 18.7. The van der Waals surface area contributed by atoms with E-state index in [9.17, 15) is 4.79 Å². The Kier molecular flexibility index (Phi) is 4.25. The minimum absolute atomic E-state index is 0.123. The van der Waals surface area contributed by atoms with E-state index in [2.05, 4.69) is 14.7 Å². The maximum absolute atomic E-state index is 12.5. The van der Waals surface area contributed by atoms with Crippen LogP contribution in [0.15, 0.2) is 0 Å². The van der Waals surface area contributed by atoms with Crippen molar-refractivity contribution < 1.29 is 9.53 Å². The van der Waals surface area contributed by atoms with Crippen LogP contribution in [-0.4, -0.2) is 44.6 Å². The molecule has 0 aromatic carbocycles. The number of carbonyl (C=O) groups is 1. The van der Waals surface area contributed by atoms with Crippen LogP contribution in [0.25, 0.3) is 0 Å². The number of rotatable bonds is 1. The molecule has 2 rings (SSSR count). The molecule has 6 nitrogen and oxygen atoms in total. The zero-order chi connectivity index (χ0) is 16.8. The fourth-order valence-electron chi connectivity index (χ4n) is 2.68. The van der Waals surface area contributed by atoms with Crippen LogP contribution in [0, 0.1) is 0 Å². The monoisotopic (exact) mass is 326 g/mol. The van der Waals surface area contributed by atoms with Crippen LogP contribution in [0.5, 0.6) is 0 Å². The highest BCUT2D eigenvalue weighted by Gasteiger charge is 2.40. The van der Waals surface area contributed by atoms with E-state index in [1.165, 1.54) is 11.5 Å². The average Bonchev–Trinajstić information content (AvgIpc) is 2.72. The molecule has 1 aromatic rings. The van der Waals surface area contributed by atoms with Crippen LogP contribution in [0.3, 0.4) is 0 Å². The number of amides is 2. The Morgan fingerprint density at radius 1 is 1.23 bits per heavy atom. The number of nitrogens with one attached hydrogen (secondary N) is 1. The number of aromatic nitrogens is 2. The smallest absolute Gasteiger partial charge is 0.323 e. The van der Waals surface area contributed by atoms with Crippen LogP contribution in [0.4, 0.5) is 9.93 Å². The van der Waals surface area contributed by atoms with Crippen molar-refractivity contribution in [3.05, 3.63) is 5.82 Å². The number of urea groups is 1. The molecule has 0 spiro atoms. The van der Waals surface area contributed by atoms with E-state index in [-0.39, 0.29) is 22.6 Å². The Morgan fingerprint density at radius 2 is 1.77 bits per heavy atom. The zero-order valence-electron chi connectivity index (χ0n) is 14.5. The number of nitrogens with zero attached hydrogens (tertiary/aromatic N) is 3. The molecule has 1 fully saturated rings. The van der Waals surface area contributed by atoms with Crippen molar-refractivity contribution in [3.8, 4) is 0 Å². The van der Waals surface area contributed by atoms with Crippen molar-refractivity contribution >= 4 is 22.7 Å². The minimum Gasteiger partial charge on any atom is -0.366 e. The van der Waals surface area contributed by atoms with Gasteiger partial charge in [-0.05, 0) is 27.7 Å². The Hall–Kier alpha value is -1.21. The second-order valence-corrected chi connectivity index (χ2v) is 8.83. The molecule has 2 heterocycles. The maximum atomic E-state index is 12.5. The molecule has 1 N–H and O–H groups in total. The maximum Gasteiger partial charge on any atom is 0.323 e. The Balaban J connectivity index is 2.07. The Bertz CT molecular complexity index is 544. The average molecular weight is 326 g/mol. The molecule has 22 heavy (non-hydrogen) atoms. The second kappa shape index (κ2) is 5.45. The summed E-state index contributed by atoms with van der Waals surface area (Å²) in [5.41, 5.74) is -0.851. The molecule has 0 radical (unpaired) electrons. The summed E-state index contributed by atoms with van der Waals surface area (Å²) in [5.74, 6) is 0.746. The van der Waals surface area contributed by atoms with Gasteiger partial charge in [-0.25, -0.2) is 9.78 Å². The van der Waals surface area contributed by atoms with Gasteiger partial charge in [0.2, 0.25) is 5.13 Å². The van der Waals surface area contributed by atoms with Gasteiger partial charge in [-0.3, -0.25) is 5.32 Å². The highest BCUT2D eigenvalue weighted by molar-refractivity contribution is 7.09. The minimum atomic E-state index is -0.364. The number of morpholine rings is 1. The second-order valence-electron chi connectivity index (χ2n) is 8.08. The lowest BCUT2D eigenvalue weighted by molar-refractivity contribution is -0.169. The lowest BCUT2D eigenvalue weighted by atomic mass is 9.96. The Labute approximate surface area is 136 Å². The number of ether oxygens (including phenoxy) is 1. The summed E-state index contributed by atoms with van der Waals surface area (Å²) in [6.45, 7) is 15.2. The molecule has 1 aliphatic rings. The quantitative estimate of drug-likeness (QED) is 0.860. The van der Waals surface area contributed by atoms with Crippen LogP contribution in [-0.2, 0) is 10.2 Å². The molecule has 7 heteroatoms. The largest absolute Gasteiger partial charge is 0.366 e. The van der Waals surface area contributed by atoms with E-state index >= 15 is 0 Å². The molecule has 124 valence electrons. The predicted octanol–water partition coefficient (Wildman–Crippen LogP) is 3.26. The lowest BCUT2D eigenvalue weighted by Gasteiger charge is -2.46. The van der Waals surface area contributed by atoms with Gasteiger partial charge in [-0.2, -0.15) is 4.37 Å². The number of anilines is 1. The molecule has 0 unspecified atom stereocenters. The fraction of sp³-hybridized carbons (Fsp3) is 0.800. The molecule has 0 bridgehead atoms. The summed E-state index contributed by atoms with van der Waals surface area (Å²) in [5, 5.41) is 3.39. The van der Waals surface area contributed by atoms with Crippen LogP contribution >= 0.6 is 11.5 Å². The molecule has 1 saturated heterocycles. The van der Waals surface area contributed by atoms with Gasteiger partial charge in [-0.1, -0.05) is 20.8 Å². The van der Waals surface area contributed by atoms with E-state index in [0.717, 1.165) is 5.82 Å². The van der Waals surface area contributed by atoms with Gasteiger partial charge in [-0.15, -0.1) is 0 Å². The van der Waals surface area contributed by atoms with Gasteiger partial charge in [0, 0.05) is 16.9 Å². The highest BCUT2D eigenvalue weighted by atomic mass is 32.1. The van der Waals surface area contributed by atoms with E-state index < -0.39 is 0 Å². The van der Waals surface area contributed by atoms with Crippen molar-refractivity contribution in [1.82, 2.24) is 14.3 Å². The number of hydrogen-bond donors (Lipinski definition) is 1. The van der Waals surface area contributed by atoms with E-state index in [1.54, 1.807) is 4.90 Å². The van der Waals surface area contributed by atoms with Crippen molar-refractivity contribution in [1.29, 1.82) is 0 Å². The van der Waals surface area contributed by atoms with Gasteiger partial charge in [0.25, 0.3) is 0 Å². The van der Waals surface area contributed by atoms with Crippen molar-refractivity contribution in [2.45, 2.75) is 65.1 Å². The molecular weight excluding hydrogens is 300 g/mol. The first-order chi connectivity index (χ1) is 9.88. The predicted molar refractivity (Wildman–Crippen MR) is 88.4 cm³/mol. The third kappa shape index (κ3) is 4.16. The summed E-state index contributed by atoms with van der Waals surface area (Å²) >= 11 is 1.22. The number of hydrogen-bond acceptors (Lipinski definition) is 5. The molecule has 0 atom stereocenters. The van der Waals surface area contributed by atoms with E-state index in [1.807, 2.05) is 48.5 Å². The molecule has 0 saturated carbocycles. The van der Waals surface area contributed by atoms with E-state index in [4.69, 9.17) is 4.74 Å². The van der Waals surface area contributed by atoms with Gasteiger partial charge in [0.05, 0.1) is 24.3 Å². The molecular formula is C15H26N4O2S. The highest BCUT2D eigenvalue weighted by Crippen LogP contribution is 2.29. The summed E-state index contributed by atoms with van der Waals surface area (Å²) < 4.78 is 10.3. The van der Waals surface area contributed by atoms with E-state index in [0.29, 0.717) is 18.2 Å². The standard InChI is InChI=1S/C15H26N4O2S/c1-13(2,3)10-16-11(22-18-10)17-12(20)19-8-14(4,5)21-15(6,7)9-19/h8-9H2,1-7H3,(H,16,17,18,20). The third-order valence-electron chi connectivity index (χ3n) is 3.29. The summed E-state index contributed by atoms with van der Waals surface area (Å²) in [6, 6.07) is -0.152. The Morgan fingerprint density at radius 3 is 2.23 bits per heavy atom. The first kappa shape index (κ1) is 17.1. The molecule has 1 aliphatic heterocycles. The zero-order valence-corrected chi connectivity index (χ0v) is 15.3. The normalized spacial score (nSPS) is 20.8. The van der Waals surface area contributed by atoms with Crippen LogP contribution in [0.1, 0.15) is 54.3 Å². The fourth-order valence-corrected chi connectivity index (χ4v) is 3.43. The number of carbonyl (C=O) groups excluding carboxylic acids is 1. The summed E-state index contributed by atoms with van der Waals surface area (Å²) in [7, 11) is 0. The summed E-state index contributed by atoms with van der Waals surface area (Å²) in [6.07, 6.45) is 0. The van der Waals surface area contributed by atoms with Gasteiger partial charge < -0.3 is 9.64 Å². The molecule has 1 aromatic heterocycles. The lowest BCUT2D eigenvalue weighted by Crippen LogP contribution is -2.59.